The van der Waals surface area contributed by atoms with Crippen LogP contribution in [0.3, 0.4) is 0 Å². The maximum absolute atomic E-state index is 12.5. The van der Waals surface area contributed by atoms with Gasteiger partial charge in [0.2, 0.25) is 0 Å². The largest absolute Gasteiger partial charge is 0.315 e. The van der Waals surface area contributed by atoms with E-state index in [2.05, 4.69) is 15.3 Å². The quantitative estimate of drug-likeness (QED) is 0.281. The number of nitro benzene ring substituents is 1. The standard InChI is InChI=1S/C18H13ClN4O3S/c19-13-10-20-18(27-11-12-6-2-1-3-7-12)22-16(13)17(24)21-14-8-4-5-9-15(14)23(25)26/h1-10H,11H2,(H,21,24). The van der Waals surface area contributed by atoms with Crippen molar-refractivity contribution in [1.82, 2.24) is 9.97 Å². The third-order valence-electron chi connectivity index (χ3n) is 3.50. The zero-order chi connectivity index (χ0) is 19.2. The minimum atomic E-state index is -0.640. The van der Waals surface area contributed by atoms with Gasteiger partial charge in [0.05, 0.1) is 16.1 Å². The fourth-order valence-electron chi connectivity index (χ4n) is 2.22. The van der Waals surface area contributed by atoms with Crippen molar-refractivity contribution in [3.63, 3.8) is 0 Å². The maximum atomic E-state index is 12.5. The number of benzene rings is 2. The number of para-hydroxylation sites is 2. The average molecular weight is 401 g/mol. The SMILES string of the molecule is O=C(Nc1ccccc1[N+](=O)[O-])c1nc(SCc2ccccc2)ncc1Cl. The van der Waals surface area contributed by atoms with Gasteiger partial charge in [-0.1, -0.05) is 65.8 Å². The van der Waals surface area contributed by atoms with Crippen molar-refractivity contribution in [2.24, 2.45) is 0 Å². The lowest BCUT2D eigenvalue weighted by Crippen LogP contribution is -2.16. The summed E-state index contributed by atoms with van der Waals surface area (Å²) in [5.74, 6) is -0.00787. The number of carbonyl (C=O) groups excluding carboxylic acids is 1. The molecule has 0 bridgehead atoms. The summed E-state index contributed by atoms with van der Waals surface area (Å²) in [6, 6.07) is 15.6. The first-order valence-electron chi connectivity index (χ1n) is 7.78. The number of aromatic nitrogens is 2. The Hall–Kier alpha value is -2.97. The van der Waals surface area contributed by atoms with Gasteiger partial charge in [-0.3, -0.25) is 14.9 Å². The molecule has 3 rings (SSSR count). The van der Waals surface area contributed by atoms with Crippen LogP contribution in [0.1, 0.15) is 16.1 Å². The number of nitro groups is 1. The first-order chi connectivity index (χ1) is 13.0. The molecule has 0 spiro atoms. The fraction of sp³-hybridized carbons (Fsp3) is 0.0556. The van der Waals surface area contributed by atoms with Crippen LogP contribution in [0.5, 0.6) is 0 Å². The summed E-state index contributed by atoms with van der Waals surface area (Å²) in [5.41, 5.74) is 0.905. The highest BCUT2D eigenvalue weighted by molar-refractivity contribution is 7.98. The van der Waals surface area contributed by atoms with Gasteiger partial charge < -0.3 is 5.32 Å². The van der Waals surface area contributed by atoms with E-state index >= 15 is 0 Å². The summed E-state index contributed by atoms with van der Waals surface area (Å²) < 4.78 is 0. The number of hydrogen-bond donors (Lipinski definition) is 1. The van der Waals surface area contributed by atoms with Gasteiger partial charge in [-0.05, 0) is 11.6 Å². The molecule has 7 nitrogen and oxygen atoms in total. The van der Waals surface area contributed by atoms with Crippen LogP contribution in [-0.2, 0) is 5.75 Å². The Bertz CT molecular complexity index is 985. The highest BCUT2D eigenvalue weighted by Crippen LogP contribution is 2.26. The zero-order valence-electron chi connectivity index (χ0n) is 13.8. The molecule has 0 unspecified atom stereocenters. The molecule has 1 N–H and O–H groups in total. The summed E-state index contributed by atoms with van der Waals surface area (Å²) in [4.78, 5) is 31.3. The van der Waals surface area contributed by atoms with Gasteiger partial charge in [-0.15, -0.1) is 0 Å². The molecule has 2 aromatic carbocycles. The van der Waals surface area contributed by atoms with Gasteiger partial charge in [0.1, 0.15) is 5.69 Å². The van der Waals surface area contributed by atoms with Crippen molar-refractivity contribution in [3.05, 3.63) is 87.2 Å². The number of rotatable bonds is 6. The minimum Gasteiger partial charge on any atom is -0.315 e. The minimum absolute atomic E-state index is 0.0413. The van der Waals surface area contributed by atoms with Crippen molar-refractivity contribution in [2.75, 3.05) is 5.32 Å². The molecule has 1 aromatic heterocycles. The van der Waals surface area contributed by atoms with Gasteiger partial charge >= 0.3 is 0 Å². The van der Waals surface area contributed by atoms with Crippen LogP contribution in [0.4, 0.5) is 11.4 Å². The zero-order valence-corrected chi connectivity index (χ0v) is 15.4. The summed E-state index contributed by atoms with van der Waals surface area (Å²) >= 11 is 7.41. The summed E-state index contributed by atoms with van der Waals surface area (Å²) in [6.45, 7) is 0. The second-order valence-corrected chi connectivity index (χ2v) is 6.70. The molecule has 0 atom stereocenters. The molecule has 0 aliphatic heterocycles. The van der Waals surface area contributed by atoms with E-state index in [0.717, 1.165) is 5.56 Å². The van der Waals surface area contributed by atoms with Crippen molar-refractivity contribution < 1.29 is 9.72 Å². The number of nitrogens with zero attached hydrogens (tertiary/aromatic N) is 3. The molecular formula is C18H13ClN4O3S. The van der Waals surface area contributed by atoms with Gasteiger partial charge in [0.15, 0.2) is 10.9 Å². The molecule has 1 amide bonds. The highest BCUT2D eigenvalue weighted by atomic mass is 35.5. The van der Waals surface area contributed by atoms with Crippen LogP contribution in [0.2, 0.25) is 5.02 Å². The van der Waals surface area contributed by atoms with Crippen LogP contribution in [0.25, 0.3) is 0 Å². The second-order valence-electron chi connectivity index (χ2n) is 5.35. The lowest BCUT2D eigenvalue weighted by Gasteiger charge is -2.08. The third kappa shape index (κ3) is 4.81. The first kappa shape index (κ1) is 18.8. The van der Waals surface area contributed by atoms with Crippen molar-refractivity contribution >= 4 is 40.6 Å². The molecular weight excluding hydrogens is 388 g/mol. The maximum Gasteiger partial charge on any atom is 0.292 e. The fourth-order valence-corrected chi connectivity index (χ4v) is 3.17. The molecule has 9 heteroatoms. The molecule has 136 valence electrons. The normalized spacial score (nSPS) is 10.4. The van der Waals surface area contributed by atoms with Crippen LogP contribution < -0.4 is 5.32 Å². The van der Waals surface area contributed by atoms with E-state index in [1.54, 1.807) is 6.07 Å². The van der Waals surface area contributed by atoms with E-state index in [0.29, 0.717) is 10.9 Å². The van der Waals surface area contributed by atoms with Crippen molar-refractivity contribution in [1.29, 1.82) is 0 Å². The molecule has 0 saturated carbocycles. The number of carbonyl (C=O) groups is 1. The van der Waals surface area contributed by atoms with E-state index in [1.807, 2.05) is 30.3 Å². The molecule has 0 fully saturated rings. The van der Waals surface area contributed by atoms with Crippen molar-refractivity contribution in [2.45, 2.75) is 10.9 Å². The predicted molar refractivity (Wildman–Crippen MR) is 104 cm³/mol. The Morgan fingerprint density at radius 1 is 1.15 bits per heavy atom. The Morgan fingerprint density at radius 2 is 1.85 bits per heavy atom. The number of thioether (sulfide) groups is 1. The van der Waals surface area contributed by atoms with E-state index in [4.69, 9.17) is 11.6 Å². The Balaban J connectivity index is 1.78. The third-order valence-corrected chi connectivity index (χ3v) is 4.71. The lowest BCUT2D eigenvalue weighted by atomic mass is 10.2. The van der Waals surface area contributed by atoms with Crippen LogP contribution in [0, 0.1) is 10.1 Å². The molecule has 1 heterocycles. The topological polar surface area (TPSA) is 98.0 Å². The van der Waals surface area contributed by atoms with Gasteiger partial charge in [-0.25, -0.2) is 9.97 Å². The molecule has 0 aliphatic carbocycles. The predicted octanol–water partition coefficient (Wildman–Crippen LogP) is 4.58. The number of hydrogen-bond acceptors (Lipinski definition) is 6. The van der Waals surface area contributed by atoms with E-state index < -0.39 is 10.8 Å². The Labute approximate surface area is 164 Å². The number of amides is 1. The number of nitrogens with one attached hydrogen (secondary N) is 1. The van der Waals surface area contributed by atoms with E-state index in [-0.39, 0.29) is 22.1 Å². The Morgan fingerprint density at radius 3 is 2.59 bits per heavy atom. The summed E-state index contributed by atoms with van der Waals surface area (Å²) in [7, 11) is 0. The average Bonchev–Trinajstić information content (AvgIpc) is 2.68. The highest BCUT2D eigenvalue weighted by Gasteiger charge is 2.19. The lowest BCUT2D eigenvalue weighted by molar-refractivity contribution is -0.383. The second kappa shape index (κ2) is 8.61. The number of halogens is 1. The van der Waals surface area contributed by atoms with Crippen molar-refractivity contribution in [3.8, 4) is 0 Å². The molecule has 3 aromatic rings. The van der Waals surface area contributed by atoms with Crippen LogP contribution >= 0.6 is 23.4 Å². The van der Waals surface area contributed by atoms with Gasteiger partial charge in [-0.2, -0.15) is 0 Å². The molecule has 27 heavy (non-hydrogen) atoms. The van der Waals surface area contributed by atoms with Gasteiger partial charge in [0, 0.05) is 11.8 Å². The summed E-state index contributed by atoms with van der Waals surface area (Å²) in [6.07, 6.45) is 1.34. The monoisotopic (exact) mass is 400 g/mol. The van der Waals surface area contributed by atoms with E-state index in [9.17, 15) is 14.9 Å². The van der Waals surface area contributed by atoms with E-state index in [1.165, 1.54) is 36.2 Å². The Kier molecular flexibility index (Phi) is 6.00. The number of anilines is 1. The first-order valence-corrected chi connectivity index (χ1v) is 9.15. The smallest absolute Gasteiger partial charge is 0.292 e. The molecule has 0 saturated heterocycles. The van der Waals surface area contributed by atoms with Crippen LogP contribution in [0.15, 0.2) is 66.0 Å². The van der Waals surface area contributed by atoms with Gasteiger partial charge in [0.25, 0.3) is 11.6 Å². The van der Waals surface area contributed by atoms with Crippen LogP contribution in [-0.4, -0.2) is 20.8 Å². The summed E-state index contributed by atoms with van der Waals surface area (Å²) in [5, 5.41) is 14.0. The molecule has 0 aliphatic rings. The molecule has 0 radical (unpaired) electrons.